The lowest BCUT2D eigenvalue weighted by atomic mass is 10.0. The summed E-state index contributed by atoms with van der Waals surface area (Å²) >= 11 is 1.43. The lowest BCUT2D eigenvalue weighted by molar-refractivity contribution is 0.0300. The number of carbonyl (C=O) groups excluding carboxylic acids is 1. The molecule has 0 spiro atoms. The second-order valence-electron chi connectivity index (χ2n) is 7.98. The van der Waals surface area contributed by atoms with Crippen LogP contribution in [0.15, 0.2) is 58.3 Å². The van der Waals surface area contributed by atoms with Crippen molar-refractivity contribution in [2.45, 2.75) is 22.6 Å². The molecule has 1 N–H and O–H groups in total. The molecule has 1 amide bonds. The van der Waals surface area contributed by atoms with Gasteiger partial charge < -0.3 is 9.64 Å². The van der Waals surface area contributed by atoms with Gasteiger partial charge in [0, 0.05) is 23.4 Å². The highest BCUT2D eigenvalue weighted by atomic mass is 32.2. The van der Waals surface area contributed by atoms with Crippen LogP contribution in [-0.2, 0) is 27.6 Å². The molecule has 5 rings (SSSR count). The molecular weight excluding hydrogens is 444 g/mol. The molecule has 1 heterocycles. The van der Waals surface area contributed by atoms with Crippen molar-refractivity contribution in [3.05, 3.63) is 65.2 Å². The van der Waals surface area contributed by atoms with E-state index in [1.165, 1.54) is 29.0 Å². The van der Waals surface area contributed by atoms with Gasteiger partial charge in [0.1, 0.15) is 0 Å². The molecule has 3 aromatic rings. The number of nitrogens with zero attached hydrogens (tertiary/aromatic N) is 1. The van der Waals surface area contributed by atoms with Gasteiger partial charge >= 0.3 is 0 Å². The van der Waals surface area contributed by atoms with Crippen LogP contribution in [0.3, 0.4) is 0 Å². The summed E-state index contributed by atoms with van der Waals surface area (Å²) in [5, 5.41) is 2.06. The zero-order valence-corrected chi connectivity index (χ0v) is 19.4. The molecule has 1 aliphatic heterocycles. The van der Waals surface area contributed by atoms with Crippen molar-refractivity contribution in [3.63, 3.8) is 0 Å². The molecule has 0 bridgehead atoms. The Morgan fingerprint density at radius 3 is 2.53 bits per heavy atom. The van der Waals surface area contributed by atoms with E-state index in [0.29, 0.717) is 37.6 Å². The van der Waals surface area contributed by atoms with Crippen LogP contribution in [0, 0.1) is 0 Å². The van der Waals surface area contributed by atoms with Gasteiger partial charge in [0.15, 0.2) is 0 Å². The van der Waals surface area contributed by atoms with Crippen molar-refractivity contribution in [1.82, 2.24) is 4.90 Å². The molecule has 6 nitrogen and oxygen atoms in total. The molecular formula is C24H24N2O4S2. The Morgan fingerprint density at radius 2 is 1.78 bits per heavy atom. The van der Waals surface area contributed by atoms with E-state index in [1.54, 1.807) is 17.0 Å². The van der Waals surface area contributed by atoms with Crippen LogP contribution in [0.4, 0.5) is 5.69 Å². The van der Waals surface area contributed by atoms with Crippen LogP contribution in [0.1, 0.15) is 21.5 Å². The Hall–Kier alpha value is -2.55. The van der Waals surface area contributed by atoms with Gasteiger partial charge in [-0.2, -0.15) is 0 Å². The zero-order valence-electron chi connectivity index (χ0n) is 17.8. The number of nitrogens with one attached hydrogen (secondary N) is 1. The number of anilines is 1. The minimum absolute atomic E-state index is 0.0789. The van der Waals surface area contributed by atoms with E-state index < -0.39 is 10.0 Å². The van der Waals surface area contributed by atoms with E-state index >= 15 is 0 Å². The number of hydrogen-bond acceptors (Lipinski definition) is 5. The number of sulfonamides is 1. The molecule has 1 fully saturated rings. The van der Waals surface area contributed by atoms with Gasteiger partial charge in [-0.15, -0.1) is 11.8 Å². The Balaban J connectivity index is 1.51. The van der Waals surface area contributed by atoms with Gasteiger partial charge in [0.25, 0.3) is 15.9 Å². The summed E-state index contributed by atoms with van der Waals surface area (Å²) in [6.07, 6.45) is 3.84. The summed E-state index contributed by atoms with van der Waals surface area (Å²) in [5.41, 5.74) is 3.47. The Bertz CT molecular complexity index is 1300. The minimum Gasteiger partial charge on any atom is -0.378 e. The molecule has 8 heteroatoms. The number of amides is 1. The monoisotopic (exact) mass is 468 g/mol. The first-order chi connectivity index (χ1) is 15.5. The molecule has 2 aliphatic rings. The molecule has 3 aromatic carbocycles. The Morgan fingerprint density at radius 1 is 1.03 bits per heavy atom. The van der Waals surface area contributed by atoms with Crippen molar-refractivity contribution in [3.8, 4) is 0 Å². The van der Waals surface area contributed by atoms with Gasteiger partial charge in [-0.25, -0.2) is 8.42 Å². The average molecular weight is 469 g/mol. The smallest absolute Gasteiger partial charge is 0.261 e. The molecule has 0 saturated carbocycles. The van der Waals surface area contributed by atoms with E-state index in [1.807, 2.05) is 30.5 Å². The van der Waals surface area contributed by atoms with Crippen LogP contribution in [-0.4, -0.2) is 51.8 Å². The van der Waals surface area contributed by atoms with Crippen molar-refractivity contribution < 1.29 is 17.9 Å². The van der Waals surface area contributed by atoms with Crippen molar-refractivity contribution in [1.29, 1.82) is 0 Å². The summed E-state index contributed by atoms with van der Waals surface area (Å²) in [4.78, 5) is 15.7. The number of rotatable bonds is 5. The molecule has 1 saturated heterocycles. The van der Waals surface area contributed by atoms with Crippen LogP contribution in [0.5, 0.6) is 0 Å². The summed E-state index contributed by atoms with van der Waals surface area (Å²) in [6.45, 7) is 1.99. The van der Waals surface area contributed by atoms with E-state index in [2.05, 4.69) is 10.8 Å². The van der Waals surface area contributed by atoms with Crippen molar-refractivity contribution in [2.75, 3.05) is 37.3 Å². The maximum Gasteiger partial charge on any atom is 0.261 e. The number of aryl methyl sites for hydroxylation is 2. The maximum atomic E-state index is 13.3. The largest absolute Gasteiger partial charge is 0.378 e. The third-order valence-electron chi connectivity index (χ3n) is 6.13. The average Bonchev–Trinajstić information content (AvgIpc) is 3.25. The zero-order chi connectivity index (χ0) is 22.3. The highest BCUT2D eigenvalue weighted by Crippen LogP contribution is 2.36. The van der Waals surface area contributed by atoms with Gasteiger partial charge in [-0.1, -0.05) is 24.3 Å². The second kappa shape index (κ2) is 8.42. The fourth-order valence-corrected chi connectivity index (χ4v) is 6.17. The third-order valence-corrected chi connectivity index (χ3v) is 8.29. The number of carbonyl (C=O) groups is 1. The lowest BCUT2D eigenvalue weighted by Gasteiger charge is -2.27. The van der Waals surface area contributed by atoms with Crippen LogP contribution in [0.25, 0.3) is 10.8 Å². The van der Waals surface area contributed by atoms with E-state index in [0.717, 1.165) is 28.5 Å². The molecule has 166 valence electrons. The first-order valence-corrected chi connectivity index (χ1v) is 13.3. The van der Waals surface area contributed by atoms with Crippen LogP contribution >= 0.6 is 11.8 Å². The van der Waals surface area contributed by atoms with Crippen molar-refractivity contribution in [2.24, 2.45) is 0 Å². The number of thioether (sulfide) groups is 1. The molecule has 1 aliphatic carbocycles. The quantitative estimate of drug-likeness (QED) is 0.574. The number of benzene rings is 3. The first kappa shape index (κ1) is 21.3. The van der Waals surface area contributed by atoms with Gasteiger partial charge in [0.2, 0.25) is 0 Å². The van der Waals surface area contributed by atoms with E-state index in [4.69, 9.17) is 4.74 Å². The normalized spacial score (nSPS) is 15.8. The Kier molecular flexibility index (Phi) is 5.61. The van der Waals surface area contributed by atoms with Crippen LogP contribution in [0.2, 0.25) is 0 Å². The topological polar surface area (TPSA) is 75.7 Å². The highest BCUT2D eigenvalue weighted by Gasteiger charge is 2.25. The maximum absolute atomic E-state index is 13.3. The van der Waals surface area contributed by atoms with E-state index in [-0.39, 0.29) is 10.8 Å². The standard InChI is InChI=1S/C24H24N2O4S2/c1-31-22-10-8-18(15-20(22)24(27)26-11-13-30-14-12-26)32(28,29)25-21-9-7-17-6-5-16-3-2-4-19(21)23(16)17/h2-4,7-10,15,25H,5-6,11-14H2,1H3. The minimum atomic E-state index is -3.88. The van der Waals surface area contributed by atoms with Crippen LogP contribution < -0.4 is 4.72 Å². The number of ether oxygens (including phenoxy) is 1. The highest BCUT2D eigenvalue weighted by molar-refractivity contribution is 7.98. The number of hydrogen-bond donors (Lipinski definition) is 1. The Labute approximate surface area is 192 Å². The van der Waals surface area contributed by atoms with E-state index in [9.17, 15) is 13.2 Å². The number of morpholine rings is 1. The molecule has 0 radical (unpaired) electrons. The lowest BCUT2D eigenvalue weighted by Crippen LogP contribution is -2.40. The third kappa shape index (κ3) is 3.76. The predicted octanol–water partition coefficient (Wildman–Crippen LogP) is 3.93. The molecule has 0 aromatic heterocycles. The summed E-state index contributed by atoms with van der Waals surface area (Å²) < 4.78 is 34.7. The predicted molar refractivity (Wildman–Crippen MR) is 127 cm³/mol. The van der Waals surface area contributed by atoms with Gasteiger partial charge in [-0.3, -0.25) is 9.52 Å². The summed E-state index contributed by atoms with van der Waals surface area (Å²) in [5.74, 6) is -0.167. The summed E-state index contributed by atoms with van der Waals surface area (Å²) in [6, 6.07) is 14.6. The molecule has 0 unspecified atom stereocenters. The van der Waals surface area contributed by atoms with Gasteiger partial charge in [-0.05, 0) is 59.9 Å². The fraction of sp³-hybridized carbons (Fsp3) is 0.292. The summed E-state index contributed by atoms with van der Waals surface area (Å²) in [7, 11) is -3.88. The molecule has 32 heavy (non-hydrogen) atoms. The van der Waals surface area contributed by atoms with Gasteiger partial charge in [0.05, 0.1) is 29.4 Å². The molecule has 0 atom stereocenters. The SMILES string of the molecule is CSc1ccc(S(=O)(=O)Nc2ccc3c4c(cccc24)CC3)cc1C(=O)N1CCOCC1. The second-order valence-corrected chi connectivity index (χ2v) is 10.5. The first-order valence-electron chi connectivity index (χ1n) is 10.6. The fourth-order valence-electron chi connectivity index (χ4n) is 4.50. The van der Waals surface area contributed by atoms with Crippen molar-refractivity contribution >= 4 is 44.2 Å².